The van der Waals surface area contributed by atoms with Crippen molar-refractivity contribution in [2.75, 3.05) is 26.7 Å². The van der Waals surface area contributed by atoms with Crippen LogP contribution in [0.25, 0.3) is 0 Å². The highest BCUT2D eigenvalue weighted by Crippen LogP contribution is 2.22. The summed E-state index contributed by atoms with van der Waals surface area (Å²) in [4.78, 5) is 8.54. The summed E-state index contributed by atoms with van der Waals surface area (Å²) in [5, 5.41) is 4.57. The van der Waals surface area contributed by atoms with Crippen molar-refractivity contribution in [1.29, 1.82) is 0 Å². The maximum atomic E-state index is 4.62. The minimum Gasteiger partial charge on any atom is -0.319 e. The predicted molar refractivity (Wildman–Crippen MR) is 73.5 cm³/mol. The topological polar surface area (TPSA) is 28.2 Å². The van der Waals surface area contributed by atoms with Crippen molar-refractivity contribution in [1.82, 2.24) is 15.2 Å². The van der Waals surface area contributed by atoms with Gasteiger partial charge >= 0.3 is 0 Å². The van der Waals surface area contributed by atoms with Gasteiger partial charge in [0.2, 0.25) is 0 Å². The van der Waals surface area contributed by atoms with Gasteiger partial charge in [-0.15, -0.1) is 11.3 Å². The van der Waals surface area contributed by atoms with Gasteiger partial charge in [-0.25, -0.2) is 4.98 Å². The molecule has 4 heteroatoms. The highest BCUT2D eigenvalue weighted by Gasteiger charge is 2.19. The first-order valence-electron chi connectivity index (χ1n) is 6.49. The van der Waals surface area contributed by atoms with Crippen LogP contribution in [-0.2, 0) is 6.54 Å². The zero-order valence-corrected chi connectivity index (χ0v) is 11.9. The summed E-state index contributed by atoms with van der Waals surface area (Å²) in [6, 6.07) is 0. The van der Waals surface area contributed by atoms with Gasteiger partial charge in [0.25, 0.3) is 0 Å². The third-order valence-electron chi connectivity index (χ3n) is 3.63. The van der Waals surface area contributed by atoms with E-state index < -0.39 is 0 Å². The van der Waals surface area contributed by atoms with Gasteiger partial charge in [0, 0.05) is 4.88 Å². The van der Waals surface area contributed by atoms with Crippen molar-refractivity contribution in [3.63, 3.8) is 0 Å². The molecule has 17 heavy (non-hydrogen) atoms. The first kappa shape index (κ1) is 13.0. The minimum absolute atomic E-state index is 0.871. The monoisotopic (exact) mass is 253 g/mol. The van der Waals surface area contributed by atoms with Crippen LogP contribution >= 0.6 is 11.3 Å². The van der Waals surface area contributed by atoms with Gasteiger partial charge in [-0.05, 0) is 59.3 Å². The van der Waals surface area contributed by atoms with Crippen LogP contribution in [0.15, 0.2) is 0 Å². The number of piperidine rings is 1. The largest absolute Gasteiger partial charge is 0.319 e. The summed E-state index contributed by atoms with van der Waals surface area (Å²) < 4.78 is 0. The summed E-state index contributed by atoms with van der Waals surface area (Å²) >= 11 is 1.85. The maximum absolute atomic E-state index is 4.62. The molecular weight excluding hydrogens is 230 g/mol. The molecule has 0 aromatic carbocycles. The lowest BCUT2D eigenvalue weighted by Crippen LogP contribution is -2.36. The van der Waals surface area contributed by atoms with E-state index >= 15 is 0 Å². The summed E-state index contributed by atoms with van der Waals surface area (Å²) in [5.41, 5.74) is 1.20. The quantitative estimate of drug-likeness (QED) is 0.891. The SMILES string of the molecule is CNCC1CCN(Cc2nc(C)c(C)s2)CC1. The van der Waals surface area contributed by atoms with Crippen LogP contribution < -0.4 is 5.32 Å². The van der Waals surface area contributed by atoms with Crippen LogP contribution in [0.5, 0.6) is 0 Å². The Kier molecular flexibility index (Phi) is 4.54. The van der Waals surface area contributed by atoms with Crippen LogP contribution in [0.4, 0.5) is 0 Å². The van der Waals surface area contributed by atoms with E-state index in [0.29, 0.717) is 0 Å². The molecule has 0 saturated carbocycles. The molecule has 0 unspecified atom stereocenters. The summed E-state index contributed by atoms with van der Waals surface area (Å²) in [6.45, 7) is 8.94. The number of aromatic nitrogens is 1. The van der Waals surface area contributed by atoms with Crippen molar-refractivity contribution in [2.24, 2.45) is 5.92 Å². The fraction of sp³-hybridized carbons (Fsp3) is 0.769. The third kappa shape index (κ3) is 3.50. The van der Waals surface area contributed by atoms with Crippen LogP contribution in [-0.4, -0.2) is 36.6 Å². The number of likely N-dealkylation sites (tertiary alicyclic amines) is 1. The normalized spacial score (nSPS) is 18.8. The summed E-state index contributed by atoms with van der Waals surface area (Å²) in [6.07, 6.45) is 2.65. The van der Waals surface area contributed by atoms with Gasteiger partial charge < -0.3 is 5.32 Å². The molecule has 1 aliphatic heterocycles. The highest BCUT2D eigenvalue weighted by molar-refractivity contribution is 7.11. The Balaban J connectivity index is 1.81. The number of rotatable bonds is 4. The molecular formula is C13H23N3S. The zero-order valence-electron chi connectivity index (χ0n) is 11.1. The second kappa shape index (κ2) is 5.94. The number of nitrogens with one attached hydrogen (secondary N) is 1. The summed E-state index contributed by atoms with van der Waals surface area (Å²) in [7, 11) is 2.05. The number of thiazole rings is 1. The van der Waals surface area contributed by atoms with E-state index in [1.165, 1.54) is 48.1 Å². The smallest absolute Gasteiger partial charge is 0.107 e. The van der Waals surface area contributed by atoms with Crippen molar-refractivity contribution in [3.8, 4) is 0 Å². The Labute approximate surface area is 108 Å². The molecule has 1 saturated heterocycles. The van der Waals surface area contributed by atoms with Gasteiger partial charge in [-0.1, -0.05) is 0 Å². The Bertz CT molecular complexity index is 334. The molecule has 0 amide bonds. The third-order valence-corrected chi connectivity index (χ3v) is 4.69. The second-order valence-corrected chi connectivity index (χ2v) is 6.31. The molecule has 3 nitrogen and oxygen atoms in total. The Morgan fingerprint density at radius 1 is 1.35 bits per heavy atom. The molecule has 2 heterocycles. The van der Waals surface area contributed by atoms with E-state index in [4.69, 9.17) is 0 Å². The second-order valence-electron chi connectivity index (χ2n) is 5.03. The van der Waals surface area contributed by atoms with E-state index in [1.54, 1.807) is 0 Å². The molecule has 0 aliphatic carbocycles. The maximum Gasteiger partial charge on any atom is 0.107 e. The lowest BCUT2D eigenvalue weighted by atomic mass is 9.97. The molecule has 0 spiro atoms. The number of hydrogen-bond donors (Lipinski definition) is 1. The molecule has 1 aromatic rings. The highest BCUT2D eigenvalue weighted by atomic mass is 32.1. The first-order valence-corrected chi connectivity index (χ1v) is 7.30. The van der Waals surface area contributed by atoms with Crippen LogP contribution in [0.2, 0.25) is 0 Å². The van der Waals surface area contributed by atoms with Crippen molar-refractivity contribution >= 4 is 11.3 Å². The van der Waals surface area contributed by atoms with Crippen molar-refractivity contribution in [2.45, 2.75) is 33.2 Å². The molecule has 1 N–H and O–H groups in total. The van der Waals surface area contributed by atoms with Crippen LogP contribution in [0.1, 0.15) is 28.4 Å². The fourth-order valence-electron chi connectivity index (χ4n) is 2.44. The lowest BCUT2D eigenvalue weighted by molar-refractivity contribution is 0.176. The van der Waals surface area contributed by atoms with E-state index in [-0.39, 0.29) is 0 Å². The standard InChI is InChI=1S/C13H23N3S/c1-10-11(2)17-13(15-10)9-16-6-4-12(5-7-16)8-14-3/h12,14H,4-9H2,1-3H3. The molecule has 2 rings (SSSR count). The minimum atomic E-state index is 0.871. The van der Waals surface area contributed by atoms with Gasteiger partial charge in [0.15, 0.2) is 0 Å². The van der Waals surface area contributed by atoms with Crippen molar-refractivity contribution in [3.05, 3.63) is 15.6 Å². The molecule has 96 valence electrons. The fourth-order valence-corrected chi connectivity index (χ4v) is 3.41. The molecule has 1 aromatic heterocycles. The van der Waals surface area contributed by atoms with Gasteiger partial charge in [0.05, 0.1) is 12.2 Å². The van der Waals surface area contributed by atoms with Gasteiger partial charge in [-0.3, -0.25) is 4.90 Å². The van der Waals surface area contributed by atoms with E-state index in [0.717, 1.165) is 12.5 Å². The summed E-state index contributed by atoms with van der Waals surface area (Å²) in [5.74, 6) is 0.871. The molecule has 1 fully saturated rings. The Hall–Kier alpha value is -0.450. The van der Waals surface area contributed by atoms with Gasteiger partial charge in [-0.2, -0.15) is 0 Å². The molecule has 0 atom stereocenters. The predicted octanol–water partition coefficient (Wildman–Crippen LogP) is 2.19. The molecule has 0 radical (unpaired) electrons. The van der Waals surface area contributed by atoms with Crippen LogP contribution in [0, 0.1) is 19.8 Å². The Morgan fingerprint density at radius 2 is 2.06 bits per heavy atom. The first-order chi connectivity index (χ1) is 8.19. The number of hydrogen-bond acceptors (Lipinski definition) is 4. The average molecular weight is 253 g/mol. The number of aryl methyl sites for hydroxylation is 2. The van der Waals surface area contributed by atoms with E-state index in [9.17, 15) is 0 Å². The van der Waals surface area contributed by atoms with Gasteiger partial charge in [0.1, 0.15) is 5.01 Å². The Morgan fingerprint density at radius 3 is 2.59 bits per heavy atom. The molecule has 0 bridgehead atoms. The van der Waals surface area contributed by atoms with Crippen molar-refractivity contribution < 1.29 is 0 Å². The zero-order chi connectivity index (χ0) is 12.3. The lowest BCUT2D eigenvalue weighted by Gasteiger charge is -2.31. The van der Waals surface area contributed by atoms with Crippen LogP contribution in [0.3, 0.4) is 0 Å². The average Bonchev–Trinajstić information content (AvgIpc) is 2.61. The van der Waals surface area contributed by atoms with E-state index in [1.807, 2.05) is 18.4 Å². The van der Waals surface area contributed by atoms with E-state index in [2.05, 4.69) is 29.0 Å². The number of nitrogens with zero attached hydrogens (tertiary/aromatic N) is 2. The molecule has 1 aliphatic rings.